The van der Waals surface area contributed by atoms with Gasteiger partial charge in [-0.15, -0.1) is 0 Å². The molecule has 4 N–H and O–H groups in total. The lowest BCUT2D eigenvalue weighted by Crippen LogP contribution is -2.32. The van der Waals surface area contributed by atoms with Crippen LogP contribution in [0.3, 0.4) is 0 Å². The van der Waals surface area contributed by atoms with Crippen molar-refractivity contribution in [3.05, 3.63) is 22.2 Å². The van der Waals surface area contributed by atoms with Crippen LogP contribution in [-0.4, -0.2) is 16.8 Å². The molecule has 0 saturated heterocycles. The van der Waals surface area contributed by atoms with E-state index in [1.165, 1.54) is 6.07 Å². The summed E-state index contributed by atoms with van der Waals surface area (Å²) >= 11 is 3.34. The third-order valence-corrected chi connectivity index (χ3v) is 4.04. The van der Waals surface area contributed by atoms with Gasteiger partial charge in [0.25, 0.3) is 0 Å². The first kappa shape index (κ1) is 11.7. The van der Waals surface area contributed by atoms with Crippen LogP contribution in [0.1, 0.15) is 31.2 Å². The molecule has 2 rings (SSSR count). The van der Waals surface area contributed by atoms with Crippen LogP contribution in [0.4, 0.5) is 0 Å². The predicted molar refractivity (Wildman–Crippen MR) is 66.7 cm³/mol. The molecule has 0 amide bonds. The first-order valence-electron chi connectivity index (χ1n) is 5.51. The number of phenols is 2. The first-order chi connectivity index (χ1) is 7.59. The zero-order valence-corrected chi connectivity index (χ0v) is 10.6. The van der Waals surface area contributed by atoms with E-state index < -0.39 is 0 Å². The average Bonchev–Trinajstić information content (AvgIpc) is 2.73. The van der Waals surface area contributed by atoms with E-state index in [2.05, 4.69) is 15.9 Å². The molecule has 0 unspecified atom stereocenters. The largest absolute Gasteiger partial charge is 0.504 e. The Morgan fingerprint density at radius 2 is 1.88 bits per heavy atom. The average molecular weight is 286 g/mol. The molecule has 1 aliphatic carbocycles. The van der Waals surface area contributed by atoms with Crippen molar-refractivity contribution in [3.8, 4) is 11.5 Å². The second kappa shape index (κ2) is 4.26. The van der Waals surface area contributed by atoms with E-state index in [0.717, 1.165) is 35.7 Å². The molecule has 0 aromatic heterocycles. The molecule has 1 aliphatic rings. The minimum atomic E-state index is -0.161. The van der Waals surface area contributed by atoms with Gasteiger partial charge in [0, 0.05) is 22.0 Å². The lowest BCUT2D eigenvalue weighted by atomic mass is 9.78. The third-order valence-electron chi connectivity index (χ3n) is 3.58. The van der Waals surface area contributed by atoms with Crippen molar-refractivity contribution in [2.75, 3.05) is 6.54 Å². The van der Waals surface area contributed by atoms with Crippen molar-refractivity contribution in [2.45, 2.75) is 31.1 Å². The summed E-state index contributed by atoms with van der Waals surface area (Å²) in [6.45, 7) is 0.510. The van der Waals surface area contributed by atoms with Crippen LogP contribution < -0.4 is 5.73 Å². The zero-order chi connectivity index (χ0) is 11.8. The number of phenolic OH excluding ortho intramolecular Hbond substituents is 2. The van der Waals surface area contributed by atoms with Gasteiger partial charge in [-0.1, -0.05) is 28.8 Å². The lowest BCUT2D eigenvalue weighted by Gasteiger charge is -2.29. The van der Waals surface area contributed by atoms with Gasteiger partial charge in [-0.25, -0.2) is 0 Å². The van der Waals surface area contributed by atoms with Crippen LogP contribution in [0.5, 0.6) is 11.5 Å². The predicted octanol–water partition coefficient (Wildman–Crippen LogP) is 2.63. The topological polar surface area (TPSA) is 66.5 Å². The Balaban J connectivity index is 2.53. The number of halogens is 1. The molecule has 0 bridgehead atoms. The number of aromatic hydroxyl groups is 2. The summed E-state index contributed by atoms with van der Waals surface area (Å²) in [5.41, 5.74) is 6.48. The summed E-state index contributed by atoms with van der Waals surface area (Å²) < 4.78 is 0.775. The summed E-state index contributed by atoms with van der Waals surface area (Å²) in [6, 6.07) is 3.37. The Hall–Kier alpha value is -0.740. The molecule has 4 heteroatoms. The lowest BCUT2D eigenvalue weighted by molar-refractivity contribution is 0.371. The first-order valence-corrected chi connectivity index (χ1v) is 6.30. The van der Waals surface area contributed by atoms with Gasteiger partial charge in [0.2, 0.25) is 0 Å². The van der Waals surface area contributed by atoms with Crippen molar-refractivity contribution in [3.63, 3.8) is 0 Å². The van der Waals surface area contributed by atoms with Crippen LogP contribution in [0, 0.1) is 0 Å². The summed E-state index contributed by atoms with van der Waals surface area (Å²) in [6.07, 6.45) is 4.22. The molecule has 0 atom stereocenters. The van der Waals surface area contributed by atoms with E-state index in [1.807, 2.05) is 6.07 Å². The molecule has 88 valence electrons. The molecule has 0 radical (unpaired) electrons. The second-order valence-corrected chi connectivity index (χ2v) is 5.43. The second-order valence-electron chi connectivity index (χ2n) is 4.51. The number of hydrogen-bond acceptors (Lipinski definition) is 3. The molecule has 3 nitrogen and oxygen atoms in total. The van der Waals surface area contributed by atoms with Crippen LogP contribution in [0.25, 0.3) is 0 Å². The molecular weight excluding hydrogens is 270 g/mol. The van der Waals surface area contributed by atoms with Crippen LogP contribution in [-0.2, 0) is 5.41 Å². The quantitative estimate of drug-likeness (QED) is 0.732. The fourth-order valence-corrected chi connectivity index (χ4v) is 3.07. The minimum absolute atomic E-state index is 0.0180. The Morgan fingerprint density at radius 1 is 1.25 bits per heavy atom. The van der Waals surface area contributed by atoms with Crippen molar-refractivity contribution in [1.29, 1.82) is 0 Å². The monoisotopic (exact) mass is 285 g/mol. The Bertz CT molecular complexity index is 400. The van der Waals surface area contributed by atoms with E-state index in [0.29, 0.717) is 6.54 Å². The van der Waals surface area contributed by atoms with Gasteiger partial charge in [-0.2, -0.15) is 0 Å². The van der Waals surface area contributed by atoms with Crippen LogP contribution in [0.2, 0.25) is 0 Å². The number of rotatable bonds is 2. The fraction of sp³-hybridized carbons (Fsp3) is 0.500. The van der Waals surface area contributed by atoms with E-state index in [4.69, 9.17) is 5.73 Å². The van der Waals surface area contributed by atoms with Crippen molar-refractivity contribution in [1.82, 2.24) is 0 Å². The van der Waals surface area contributed by atoms with Gasteiger partial charge in [0.1, 0.15) is 0 Å². The summed E-state index contributed by atoms with van der Waals surface area (Å²) in [4.78, 5) is 0. The highest BCUT2D eigenvalue weighted by atomic mass is 79.9. The van der Waals surface area contributed by atoms with E-state index >= 15 is 0 Å². The Kier molecular flexibility index (Phi) is 3.13. The molecule has 0 aliphatic heterocycles. The molecule has 0 heterocycles. The molecular formula is C12H16BrNO2. The molecule has 1 aromatic carbocycles. The van der Waals surface area contributed by atoms with E-state index in [-0.39, 0.29) is 16.9 Å². The molecule has 1 fully saturated rings. The zero-order valence-electron chi connectivity index (χ0n) is 9.04. The molecule has 1 aromatic rings. The SMILES string of the molecule is NCC1(c2cc(Br)cc(O)c2O)CCCC1. The third kappa shape index (κ3) is 1.80. The highest BCUT2D eigenvalue weighted by Gasteiger charge is 2.37. The Morgan fingerprint density at radius 3 is 2.44 bits per heavy atom. The van der Waals surface area contributed by atoms with Gasteiger partial charge >= 0.3 is 0 Å². The number of benzene rings is 1. The van der Waals surface area contributed by atoms with Crippen molar-refractivity contribution < 1.29 is 10.2 Å². The van der Waals surface area contributed by atoms with Crippen LogP contribution in [0.15, 0.2) is 16.6 Å². The highest BCUT2D eigenvalue weighted by molar-refractivity contribution is 9.10. The standard InChI is InChI=1S/C12H16BrNO2/c13-8-5-9(11(16)10(15)6-8)12(7-14)3-1-2-4-12/h5-6,15-16H,1-4,7,14H2. The fourth-order valence-electron chi connectivity index (χ4n) is 2.62. The van der Waals surface area contributed by atoms with Crippen molar-refractivity contribution >= 4 is 15.9 Å². The van der Waals surface area contributed by atoms with Gasteiger partial charge in [0.15, 0.2) is 11.5 Å². The summed E-state index contributed by atoms with van der Waals surface area (Å²) in [5.74, 6) is -0.0975. The van der Waals surface area contributed by atoms with Crippen molar-refractivity contribution in [2.24, 2.45) is 5.73 Å². The highest BCUT2D eigenvalue weighted by Crippen LogP contribution is 2.47. The maximum Gasteiger partial charge on any atom is 0.161 e. The maximum absolute atomic E-state index is 9.95. The molecule has 0 spiro atoms. The number of hydrogen-bond donors (Lipinski definition) is 3. The molecule has 1 saturated carbocycles. The van der Waals surface area contributed by atoms with Gasteiger partial charge in [-0.3, -0.25) is 0 Å². The maximum atomic E-state index is 9.95. The minimum Gasteiger partial charge on any atom is -0.504 e. The summed E-state index contributed by atoms with van der Waals surface area (Å²) in [7, 11) is 0. The van der Waals surface area contributed by atoms with Gasteiger partial charge in [0.05, 0.1) is 0 Å². The van der Waals surface area contributed by atoms with Gasteiger partial charge < -0.3 is 15.9 Å². The Labute approximate surface area is 103 Å². The number of nitrogens with two attached hydrogens (primary N) is 1. The van der Waals surface area contributed by atoms with E-state index in [9.17, 15) is 10.2 Å². The normalized spacial score (nSPS) is 18.9. The molecule has 16 heavy (non-hydrogen) atoms. The van der Waals surface area contributed by atoms with Gasteiger partial charge in [-0.05, 0) is 25.0 Å². The van der Waals surface area contributed by atoms with Crippen LogP contribution >= 0.6 is 15.9 Å². The smallest absolute Gasteiger partial charge is 0.161 e. The summed E-state index contributed by atoms with van der Waals surface area (Å²) in [5, 5.41) is 19.6. The van der Waals surface area contributed by atoms with E-state index in [1.54, 1.807) is 0 Å².